The fourth-order valence-corrected chi connectivity index (χ4v) is 4.41. The third-order valence-corrected chi connectivity index (χ3v) is 6.37. The Bertz CT molecular complexity index is 1100. The number of carbonyl (C=O) groups is 2. The minimum Gasteiger partial charge on any atom is -0.383 e. The lowest BCUT2D eigenvalue weighted by molar-refractivity contribution is -0.125. The van der Waals surface area contributed by atoms with Gasteiger partial charge in [-0.15, -0.1) is 0 Å². The number of carbonyl (C=O) groups excluding carboxylic acids is 2. The number of amides is 2. The van der Waals surface area contributed by atoms with E-state index in [4.69, 9.17) is 0 Å². The fraction of sp³-hybridized carbons (Fsp3) is 0.263. The molecule has 2 aliphatic rings. The molecule has 2 amide bonds. The highest BCUT2D eigenvalue weighted by Gasteiger charge is 2.53. The van der Waals surface area contributed by atoms with Gasteiger partial charge in [0.05, 0.1) is 16.0 Å². The summed E-state index contributed by atoms with van der Waals surface area (Å²) in [5.74, 6) is -1.67. The summed E-state index contributed by atoms with van der Waals surface area (Å²) < 4.78 is 37.2. The number of anilines is 2. The van der Waals surface area contributed by atoms with Gasteiger partial charge in [0, 0.05) is 18.5 Å². The van der Waals surface area contributed by atoms with Crippen LogP contribution >= 0.6 is 0 Å². The van der Waals surface area contributed by atoms with Crippen molar-refractivity contribution in [2.45, 2.75) is 22.8 Å². The van der Waals surface area contributed by atoms with E-state index in [9.17, 15) is 22.4 Å². The van der Waals surface area contributed by atoms with E-state index >= 15 is 0 Å². The molecule has 0 saturated carbocycles. The predicted molar refractivity (Wildman–Crippen MR) is 101 cm³/mol. The van der Waals surface area contributed by atoms with E-state index in [1.807, 2.05) is 24.3 Å². The summed E-state index contributed by atoms with van der Waals surface area (Å²) in [5, 5.41) is 8.32. The molecule has 0 radical (unpaired) electrons. The van der Waals surface area contributed by atoms with Crippen LogP contribution in [0, 0.1) is 5.82 Å². The molecule has 4 rings (SSSR count). The zero-order valence-corrected chi connectivity index (χ0v) is 15.8. The summed E-state index contributed by atoms with van der Waals surface area (Å²) in [6, 6.07) is 9.90. The molecule has 9 heteroatoms. The second-order valence-corrected chi connectivity index (χ2v) is 9.13. The van der Waals surface area contributed by atoms with E-state index in [1.54, 1.807) is 0 Å². The maximum Gasteiger partial charge on any atom is 0.247 e. The van der Waals surface area contributed by atoms with Crippen LogP contribution in [0.1, 0.15) is 12.0 Å². The van der Waals surface area contributed by atoms with Crippen LogP contribution in [0.4, 0.5) is 15.8 Å². The van der Waals surface area contributed by atoms with E-state index in [-0.39, 0.29) is 22.9 Å². The van der Waals surface area contributed by atoms with Gasteiger partial charge < -0.3 is 16.0 Å². The Morgan fingerprint density at radius 2 is 2.00 bits per heavy atom. The molecule has 7 nitrogen and oxygen atoms in total. The normalized spacial score (nSPS) is 23.2. The van der Waals surface area contributed by atoms with Gasteiger partial charge in [0.1, 0.15) is 11.9 Å². The van der Waals surface area contributed by atoms with E-state index < -0.39 is 33.0 Å². The summed E-state index contributed by atoms with van der Waals surface area (Å²) in [6.07, 6.45) is 1.21. The second-order valence-electron chi connectivity index (χ2n) is 7.11. The molecule has 2 atom stereocenters. The first-order valence-corrected chi connectivity index (χ1v) is 10.5. The lowest BCUT2D eigenvalue weighted by Gasteiger charge is -2.19. The molecule has 2 heterocycles. The van der Waals surface area contributed by atoms with Gasteiger partial charge in [-0.25, -0.2) is 12.8 Å². The number of sulfone groups is 1. The van der Waals surface area contributed by atoms with Crippen molar-refractivity contribution >= 4 is 33.0 Å². The van der Waals surface area contributed by atoms with Crippen LogP contribution in [0.25, 0.3) is 0 Å². The second kappa shape index (κ2) is 6.30. The summed E-state index contributed by atoms with van der Waals surface area (Å²) in [6.45, 7) is 0.388. The van der Waals surface area contributed by atoms with E-state index in [0.717, 1.165) is 23.6 Å². The molecule has 2 unspecified atom stereocenters. The molecule has 1 fully saturated rings. The van der Waals surface area contributed by atoms with Crippen molar-refractivity contribution in [1.82, 2.24) is 5.32 Å². The zero-order valence-electron chi connectivity index (χ0n) is 15.0. The average molecular weight is 403 g/mol. The van der Waals surface area contributed by atoms with Crippen LogP contribution in [0.5, 0.6) is 0 Å². The maximum atomic E-state index is 14.2. The smallest absolute Gasteiger partial charge is 0.247 e. The number of fused-ring (bicyclic) bond motifs is 2. The number of nitrogens with one attached hydrogen (secondary N) is 3. The van der Waals surface area contributed by atoms with Crippen LogP contribution in [0.3, 0.4) is 0 Å². The van der Waals surface area contributed by atoms with Crippen molar-refractivity contribution in [1.29, 1.82) is 0 Å². The van der Waals surface area contributed by atoms with Gasteiger partial charge in [-0.05, 0) is 36.2 Å². The van der Waals surface area contributed by atoms with Gasteiger partial charge in [0.25, 0.3) is 0 Å². The van der Waals surface area contributed by atoms with Crippen molar-refractivity contribution in [3.05, 3.63) is 53.8 Å². The Hall–Kier alpha value is -2.94. The third kappa shape index (κ3) is 2.91. The molecule has 0 aromatic heterocycles. The first-order valence-electron chi connectivity index (χ1n) is 8.65. The summed E-state index contributed by atoms with van der Waals surface area (Å²) in [7, 11) is -3.55. The predicted octanol–water partition coefficient (Wildman–Crippen LogP) is 1.42. The SMILES string of the molecule is CS(=O)(=O)c1ccc(NC(=O)C2CC3(CNc4ccccc43)C(=O)N2)c(F)c1. The first kappa shape index (κ1) is 18.4. The minimum atomic E-state index is -3.55. The third-order valence-electron chi connectivity index (χ3n) is 5.26. The molecule has 28 heavy (non-hydrogen) atoms. The average Bonchev–Trinajstić information content (AvgIpc) is 3.18. The number of halogens is 1. The number of para-hydroxylation sites is 1. The van der Waals surface area contributed by atoms with Crippen LogP contribution < -0.4 is 16.0 Å². The molecule has 146 valence electrons. The zero-order chi connectivity index (χ0) is 20.1. The molecule has 1 spiro atoms. The van der Waals surface area contributed by atoms with Crippen molar-refractivity contribution in [2.24, 2.45) is 0 Å². The first-order chi connectivity index (χ1) is 13.2. The number of rotatable bonds is 3. The Morgan fingerprint density at radius 1 is 1.25 bits per heavy atom. The maximum absolute atomic E-state index is 14.2. The van der Waals surface area contributed by atoms with E-state index in [2.05, 4.69) is 16.0 Å². The number of benzene rings is 2. The van der Waals surface area contributed by atoms with Gasteiger partial charge in [-0.2, -0.15) is 0 Å². The van der Waals surface area contributed by atoms with Gasteiger partial charge in [0.2, 0.25) is 11.8 Å². The fourth-order valence-electron chi connectivity index (χ4n) is 3.78. The lowest BCUT2D eigenvalue weighted by Crippen LogP contribution is -2.39. The van der Waals surface area contributed by atoms with Crippen molar-refractivity contribution in [3.8, 4) is 0 Å². The highest BCUT2D eigenvalue weighted by atomic mass is 32.2. The summed E-state index contributed by atoms with van der Waals surface area (Å²) in [5.41, 5.74) is 0.724. The molecule has 2 aromatic carbocycles. The standard InChI is InChI=1S/C19H18FN3O4S/c1-28(26,27)11-6-7-15(13(20)8-11)22-17(24)16-9-19(18(25)23-16)10-21-14-5-3-2-4-12(14)19/h2-8,16,21H,9-10H2,1H3,(H,22,24)(H,23,25). The topological polar surface area (TPSA) is 104 Å². The molecule has 3 N–H and O–H groups in total. The Kier molecular flexibility index (Phi) is 4.15. The Morgan fingerprint density at radius 3 is 2.71 bits per heavy atom. The van der Waals surface area contributed by atoms with Gasteiger partial charge >= 0.3 is 0 Å². The van der Waals surface area contributed by atoms with Gasteiger partial charge in [-0.1, -0.05) is 18.2 Å². The van der Waals surface area contributed by atoms with Crippen LogP contribution in [-0.4, -0.2) is 39.1 Å². The Labute approximate surface area is 161 Å². The number of hydrogen-bond acceptors (Lipinski definition) is 5. The highest BCUT2D eigenvalue weighted by molar-refractivity contribution is 7.90. The molecular weight excluding hydrogens is 385 g/mol. The molecular formula is C19H18FN3O4S. The molecule has 0 bridgehead atoms. The quantitative estimate of drug-likeness (QED) is 0.719. The lowest BCUT2D eigenvalue weighted by atomic mass is 9.79. The highest BCUT2D eigenvalue weighted by Crippen LogP contribution is 2.43. The van der Waals surface area contributed by atoms with Crippen LogP contribution in [0.15, 0.2) is 47.4 Å². The minimum absolute atomic E-state index is 0.141. The molecule has 2 aromatic rings. The van der Waals surface area contributed by atoms with Crippen LogP contribution in [0.2, 0.25) is 0 Å². The summed E-state index contributed by atoms with van der Waals surface area (Å²) in [4.78, 5) is 25.1. The Balaban J connectivity index is 1.54. The van der Waals surface area contributed by atoms with E-state index in [1.165, 1.54) is 12.1 Å². The largest absolute Gasteiger partial charge is 0.383 e. The summed E-state index contributed by atoms with van der Waals surface area (Å²) >= 11 is 0. The number of hydrogen-bond donors (Lipinski definition) is 3. The van der Waals surface area contributed by atoms with Crippen molar-refractivity contribution < 1.29 is 22.4 Å². The monoisotopic (exact) mass is 403 g/mol. The van der Waals surface area contributed by atoms with Crippen molar-refractivity contribution in [3.63, 3.8) is 0 Å². The van der Waals surface area contributed by atoms with Crippen molar-refractivity contribution in [2.75, 3.05) is 23.4 Å². The van der Waals surface area contributed by atoms with Crippen LogP contribution in [-0.2, 0) is 24.8 Å². The molecule has 0 aliphatic carbocycles. The van der Waals surface area contributed by atoms with Gasteiger partial charge in [0.15, 0.2) is 9.84 Å². The van der Waals surface area contributed by atoms with Gasteiger partial charge in [-0.3, -0.25) is 9.59 Å². The molecule has 2 aliphatic heterocycles. The molecule has 1 saturated heterocycles. The van der Waals surface area contributed by atoms with E-state index in [0.29, 0.717) is 6.54 Å².